The van der Waals surface area contributed by atoms with E-state index in [2.05, 4.69) is 15.7 Å². The van der Waals surface area contributed by atoms with Crippen LogP contribution in [0, 0.1) is 0 Å². The number of amides is 2. The van der Waals surface area contributed by atoms with E-state index in [-0.39, 0.29) is 23.9 Å². The fourth-order valence-electron chi connectivity index (χ4n) is 2.99. The molecule has 1 saturated heterocycles. The van der Waals surface area contributed by atoms with E-state index < -0.39 is 0 Å². The van der Waals surface area contributed by atoms with Crippen LogP contribution in [0.5, 0.6) is 0 Å². The van der Waals surface area contributed by atoms with Gasteiger partial charge in [0.2, 0.25) is 5.91 Å². The molecule has 2 atom stereocenters. The summed E-state index contributed by atoms with van der Waals surface area (Å²) in [5.41, 5.74) is 1.39. The van der Waals surface area contributed by atoms with E-state index in [1.807, 2.05) is 17.7 Å². The Balaban J connectivity index is 1.82. The summed E-state index contributed by atoms with van der Waals surface area (Å²) in [7, 11) is 0. The van der Waals surface area contributed by atoms with Crippen LogP contribution >= 0.6 is 11.6 Å². The molecule has 1 aliphatic heterocycles. The number of carbonyl (C=O) groups excluding carboxylic acids is 2. The maximum absolute atomic E-state index is 12.5. The number of benzene rings is 1. The van der Waals surface area contributed by atoms with E-state index in [1.165, 1.54) is 0 Å². The number of rotatable bonds is 4. The van der Waals surface area contributed by atoms with E-state index in [4.69, 9.17) is 11.6 Å². The van der Waals surface area contributed by atoms with Gasteiger partial charge in [-0.1, -0.05) is 17.7 Å². The van der Waals surface area contributed by atoms with Gasteiger partial charge in [-0.3, -0.25) is 14.3 Å². The number of hydrogen-bond acceptors (Lipinski definition) is 3. The molecule has 0 spiro atoms. The summed E-state index contributed by atoms with van der Waals surface area (Å²) in [6.07, 6.45) is 2.67. The standard InChI is InChI=1S/C17H19ClN4O2/c1-2-22-14(8-9-19-22)16-13(6-7-15(23)21-16)20-17(24)11-4-3-5-12(18)10-11/h3-5,8-10,13,16H,2,6-7H2,1H3,(H,20,24)(H,21,23). The smallest absolute Gasteiger partial charge is 0.251 e. The summed E-state index contributed by atoms with van der Waals surface area (Å²) in [6.45, 7) is 2.68. The molecule has 7 heteroatoms. The van der Waals surface area contributed by atoms with Crippen LogP contribution in [0.25, 0.3) is 0 Å². The second kappa shape index (κ2) is 7.05. The van der Waals surface area contributed by atoms with Crippen molar-refractivity contribution in [3.05, 3.63) is 52.8 Å². The Bertz CT molecular complexity index is 759. The average Bonchev–Trinajstić information content (AvgIpc) is 3.05. The average molecular weight is 347 g/mol. The van der Waals surface area contributed by atoms with Crippen LogP contribution in [0.1, 0.15) is 41.9 Å². The van der Waals surface area contributed by atoms with Crippen molar-refractivity contribution in [1.29, 1.82) is 0 Å². The van der Waals surface area contributed by atoms with E-state index in [0.29, 0.717) is 30.0 Å². The van der Waals surface area contributed by atoms with Gasteiger partial charge in [0.15, 0.2) is 0 Å². The van der Waals surface area contributed by atoms with Crippen LogP contribution in [0.2, 0.25) is 5.02 Å². The fourth-order valence-corrected chi connectivity index (χ4v) is 3.18. The monoisotopic (exact) mass is 346 g/mol. The van der Waals surface area contributed by atoms with Gasteiger partial charge < -0.3 is 10.6 Å². The molecule has 2 N–H and O–H groups in total. The molecule has 2 aromatic rings. The van der Waals surface area contributed by atoms with E-state index in [9.17, 15) is 9.59 Å². The third-order valence-electron chi connectivity index (χ3n) is 4.17. The summed E-state index contributed by atoms with van der Waals surface area (Å²) in [4.78, 5) is 24.4. The predicted molar refractivity (Wildman–Crippen MR) is 90.7 cm³/mol. The lowest BCUT2D eigenvalue weighted by Crippen LogP contribution is -2.50. The van der Waals surface area contributed by atoms with Gasteiger partial charge in [0.25, 0.3) is 5.91 Å². The van der Waals surface area contributed by atoms with Crippen molar-refractivity contribution in [2.45, 2.75) is 38.4 Å². The molecule has 1 aromatic carbocycles. The molecule has 0 bridgehead atoms. The Morgan fingerprint density at radius 3 is 3.04 bits per heavy atom. The molecule has 1 aliphatic rings. The Kier molecular flexibility index (Phi) is 4.85. The van der Waals surface area contributed by atoms with Crippen molar-refractivity contribution < 1.29 is 9.59 Å². The van der Waals surface area contributed by atoms with Crippen molar-refractivity contribution in [2.75, 3.05) is 0 Å². The SMILES string of the molecule is CCn1nccc1C1NC(=O)CCC1NC(=O)c1cccc(Cl)c1. The first-order chi connectivity index (χ1) is 11.6. The van der Waals surface area contributed by atoms with Gasteiger partial charge >= 0.3 is 0 Å². The van der Waals surface area contributed by atoms with Crippen LogP contribution in [-0.2, 0) is 11.3 Å². The van der Waals surface area contributed by atoms with Crippen LogP contribution in [0.15, 0.2) is 36.5 Å². The van der Waals surface area contributed by atoms with Crippen LogP contribution in [0.3, 0.4) is 0 Å². The zero-order valence-corrected chi connectivity index (χ0v) is 14.1. The maximum atomic E-state index is 12.5. The summed E-state index contributed by atoms with van der Waals surface area (Å²) < 4.78 is 1.83. The Morgan fingerprint density at radius 1 is 1.46 bits per heavy atom. The van der Waals surface area contributed by atoms with Crippen molar-refractivity contribution >= 4 is 23.4 Å². The molecule has 126 valence electrons. The van der Waals surface area contributed by atoms with Gasteiger partial charge in [0.1, 0.15) is 0 Å². The number of carbonyl (C=O) groups is 2. The third-order valence-corrected chi connectivity index (χ3v) is 4.41. The van der Waals surface area contributed by atoms with E-state index >= 15 is 0 Å². The second-order valence-corrected chi connectivity index (χ2v) is 6.18. The number of nitrogens with zero attached hydrogens (tertiary/aromatic N) is 2. The lowest BCUT2D eigenvalue weighted by Gasteiger charge is -2.33. The summed E-state index contributed by atoms with van der Waals surface area (Å²) in [5.74, 6) is -0.219. The molecular weight excluding hydrogens is 328 g/mol. The third kappa shape index (κ3) is 3.43. The second-order valence-electron chi connectivity index (χ2n) is 5.75. The van der Waals surface area contributed by atoms with Crippen LogP contribution < -0.4 is 10.6 Å². The zero-order chi connectivity index (χ0) is 17.1. The highest BCUT2D eigenvalue weighted by molar-refractivity contribution is 6.30. The van der Waals surface area contributed by atoms with Gasteiger partial charge in [-0.25, -0.2) is 0 Å². The molecule has 0 saturated carbocycles. The van der Waals surface area contributed by atoms with Gasteiger partial charge in [0.05, 0.1) is 17.8 Å². The number of hydrogen-bond donors (Lipinski definition) is 2. The highest BCUT2D eigenvalue weighted by Gasteiger charge is 2.33. The molecular formula is C17H19ClN4O2. The predicted octanol–water partition coefficient (Wildman–Crippen LogP) is 2.31. The first-order valence-electron chi connectivity index (χ1n) is 7.96. The Morgan fingerprint density at radius 2 is 2.29 bits per heavy atom. The largest absolute Gasteiger partial charge is 0.347 e. The van der Waals surface area contributed by atoms with Crippen LogP contribution in [-0.4, -0.2) is 27.6 Å². The van der Waals surface area contributed by atoms with Gasteiger partial charge in [-0.05, 0) is 37.6 Å². The highest BCUT2D eigenvalue weighted by Crippen LogP contribution is 2.24. The molecule has 1 aromatic heterocycles. The Hall–Kier alpha value is -2.34. The molecule has 6 nitrogen and oxygen atoms in total. The lowest BCUT2D eigenvalue weighted by molar-refractivity contribution is -0.123. The first-order valence-corrected chi connectivity index (χ1v) is 8.33. The molecule has 0 aliphatic carbocycles. The number of aromatic nitrogens is 2. The quantitative estimate of drug-likeness (QED) is 0.892. The molecule has 2 heterocycles. The summed E-state index contributed by atoms with van der Waals surface area (Å²) >= 11 is 5.95. The first kappa shape index (κ1) is 16.5. The van der Waals surface area contributed by atoms with Crippen molar-refractivity contribution in [1.82, 2.24) is 20.4 Å². The van der Waals surface area contributed by atoms with Gasteiger partial charge in [-0.2, -0.15) is 5.10 Å². The molecule has 0 radical (unpaired) electrons. The summed E-state index contributed by atoms with van der Waals surface area (Å²) in [6, 6.07) is 8.19. The number of nitrogens with one attached hydrogen (secondary N) is 2. The van der Waals surface area contributed by atoms with Crippen LogP contribution in [0.4, 0.5) is 0 Å². The maximum Gasteiger partial charge on any atom is 0.251 e. The van der Waals surface area contributed by atoms with E-state index in [0.717, 1.165) is 5.69 Å². The minimum Gasteiger partial charge on any atom is -0.347 e. The van der Waals surface area contributed by atoms with Crippen molar-refractivity contribution in [3.63, 3.8) is 0 Å². The van der Waals surface area contributed by atoms with Gasteiger partial charge in [-0.15, -0.1) is 0 Å². The van der Waals surface area contributed by atoms with E-state index in [1.54, 1.807) is 30.5 Å². The minimum absolute atomic E-state index is 0.0166. The Labute approximate surface area is 145 Å². The fraction of sp³-hybridized carbons (Fsp3) is 0.353. The molecule has 3 rings (SSSR count). The zero-order valence-electron chi connectivity index (χ0n) is 13.3. The van der Waals surface area contributed by atoms with Crippen molar-refractivity contribution in [3.8, 4) is 0 Å². The highest BCUT2D eigenvalue weighted by atomic mass is 35.5. The van der Waals surface area contributed by atoms with Crippen molar-refractivity contribution in [2.24, 2.45) is 0 Å². The molecule has 24 heavy (non-hydrogen) atoms. The topological polar surface area (TPSA) is 76.0 Å². The number of piperidine rings is 1. The minimum atomic E-state index is -0.295. The molecule has 1 fully saturated rings. The summed E-state index contributed by atoms with van der Waals surface area (Å²) in [5, 5.41) is 10.8. The van der Waals surface area contributed by atoms with Gasteiger partial charge in [0, 0.05) is 29.7 Å². The number of aryl methyl sites for hydroxylation is 1. The normalized spacial score (nSPS) is 20.5. The molecule has 2 unspecified atom stereocenters. The number of halogens is 1. The lowest BCUT2D eigenvalue weighted by atomic mass is 9.94. The molecule has 2 amide bonds.